The van der Waals surface area contributed by atoms with Crippen LogP contribution in [0.15, 0.2) is 12.5 Å². The number of esters is 1. The molecule has 1 aliphatic rings. The molecule has 5 heteroatoms. The molecule has 0 saturated heterocycles. The lowest BCUT2D eigenvalue weighted by atomic mass is 9.94. The Morgan fingerprint density at radius 3 is 2.84 bits per heavy atom. The quantitative estimate of drug-likeness (QED) is 0.827. The molecule has 5 nitrogen and oxygen atoms in total. The van der Waals surface area contributed by atoms with Crippen molar-refractivity contribution in [1.82, 2.24) is 14.9 Å². The normalized spacial score (nSPS) is 18.2. The van der Waals surface area contributed by atoms with Crippen LogP contribution in [0.5, 0.6) is 0 Å². The van der Waals surface area contributed by atoms with Crippen LogP contribution in [0.4, 0.5) is 0 Å². The summed E-state index contributed by atoms with van der Waals surface area (Å²) in [5.74, 6) is -0.211. The van der Waals surface area contributed by atoms with E-state index in [-0.39, 0.29) is 5.97 Å². The van der Waals surface area contributed by atoms with Gasteiger partial charge in [-0.3, -0.25) is 5.32 Å². The van der Waals surface area contributed by atoms with Crippen molar-refractivity contribution in [3.05, 3.63) is 18.2 Å². The Kier molecular flexibility index (Phi) is 4.96. The van der Waals surface area contributed by atoms with E-state index in [4.69, 9.17) is 4.74 Å². The highest BCUT2D eigenvalue weighted by Crippen LogP contribution is 2.22. The van der Waals surface area contributed by atoms with Gasteiger partial charge < -0.3 is 9.30 Å². The summed E-state index contributed by atoms with van der Waals surface area (Å²) in [7, 11) is 1.90. The molecule has 0 aliphatic heterocycles. The minimum absolute atomic E-state index is 0.211. The van der Waals surface area contributed by atoms with Crippen LogP contribution in [-0.4, -0.2) is 28.2 Å². The Balaban J connectivity index is 2.09. The van der Waals surface area contributed by atoms with Gasteiger partial charge in [0.15, 0.2) is 0 Å². The SMILES string of the molecule is CCOC(=O)C(NC1CCCCC1)c1cncn1C. The fourth-order valence-corrected chi connectivity index (χ4v) is 2.65. The summed E-state index contributed by atoms with van der Waals surface area (Å²) in [5, 5.41) is 3.45. The zero-order valence-electron chi connectivity index (χ0n) is 11.8. The number of imidazole rings is 1. The van der Waals surface area contributed by atoms with E-state index in [2.05, 4.69) is 10.3 Å². The van der Waals surface area contributed by atoms with E-state index in [1.165, 1.54) is 19.3 Å². The van der Waals surface area contributed by atoms with Crippen molar-refractivity contribution in [3.8, 4) is 0 Å². The molecular formula is C14H23N3O2. The molecule has 1 N–H and O–H groups in total. The van der Waals surface area contributed by atoms with Crippen molar-refractivity contribution in [2.45, 2.75) is 51.1 Å². The maximum absolute atomic E-state index is 12.1. The number of aryl methyl sites for hydroxylation is 1. The van der Waals surface area contributed by atoms with Gasteiger partial charge in [-0.2, -0.15) is 0 Å². The summed E-state index contributed by atoms with van der Waals surface area (Å²) in [4.78, 5) is 16.2. The Labute approximate surface area is 114 Å². The molecule has 1 atom stereocenters. The first-order valence-electron chi connectivity index (χ1n) is 7.11. The van der Waals surface area contributed by atoms with Crippen molar-refractivity contribution in [1.29, 1.82) is 0 Å². The van der Waals surface area contributed by atoms with Gasteiger partial charge in [-0.15, -0.1) is 0 Å². The molecule has 1 unspecified atom stereocenters. The van der Waals surface area contributed by atoms with Crippen LogP contribution < -0.4 is 5.32 Å². The molecule has 1 aliphatic carbocycles. The molecule has 1 saturated carbocycles. The second-order valence-electron chi connectivity index (χ2n) is 5.12. The molecule has 1 heterocycles. The van der Waals surface area contributed by atoms with Crippen LogP contribution in [0.3, 0.4) is 0 Å². The minimum Gasteiger partial charge on any atom is -0.465 e. The zero-order chi connectivity index (χ0) is 13.7. The molecule has 0 aromatic carbocycles. The van der Waals surface area contributed by atoms with Crippen molar-refractivity contribution in [2.24, 2.45) is 7.05 Å². The zero-order valence-corrected chi connectivity index (χ0v) is 11.8. The Hall–Kier alpha value is -1.36. The van der Waals surface area contributed by atoms with Gasteiger partial charge >= 0.3 is 5.97 Å². The Morgan fingerprint density at radius 2 is 2.26 bits per heavy atom. The lowest BCUT2D eigenvalue weighted by Gasteiger charge is -2.27. The number of carbonyl (C=O) groups excluding carboxylic acids is 1. The molecule has 0 amide bonds. The smallest absolute Gasteiger partial charge is 0.329 e. The highest BCUT2D eigenvalue weighted by atomic mass is 16.5. The molecule has 19 heavy (non-hydrogen) atoms. The summed E-state index contributed by atoms with van der Waals surface area (Å²) in [6.07, 6.45) is 9.48. The van der Waals surface area contributed by atoms with E-state index in [9.17, 15) is 4.79 Å². The third-order valence-electron chi connectivity index (χ3n) is 3.68. The van der Waals surface area contributed by atoms with Gasteiger partial charge in [0, 0.05) is 13.1 Å². The number of hydrogen-bond donors (Lipinski definition) is 1. The van der Waals surface area contributed by atoms with Crippen molar-refractivity contribution in [2.75, 3.05) is 6.61 Å². The lowest BCUT2D eigenvalue weighted by molar-refractivity contribution is -0.146. The number of rotatable bonds is 5. The van der Waals surface area contributed by atoms with Crippen LogP contribution in [0, 0.1) is 0 Å². The number of ether oxygens (including phenoxy) is 1. The summed E-state index contributed by atoms with van der Waals surface area (Å²) in [5.41, 5.74) is 0.865. The van der Waals surface area contributed by atoms with E-state index in [1.54, 1.807) is 12.5 Å². The molecule has 1 aromatic rings. The molecule has 1 fully saturated rings. The molecule has 106 valence electrons. The van der Waals surface area contributed by atoms with E-state index >= 15 is 0 Å². The van der Waals surface area contributed by atoms with Gasteiger partial charge in [-0.05, 0) is 19.8 Å². The maximum atomic E-state index is 12.1. The fourth-order valence-electron chi connectivity index (χ4n) is 2.65. The van der Waals surface area contributed by atoms with Crippen LogP contribution in [0.1, 0.15) is 50.8 Å². The average molecular weight is 265 g/mol. The maximum Gasteiger partial charge on any atom is 0.329 e. The van der Waals surface area contributed by atoms with Gasteiger partial charge in [0.05, 0.1) is 24.8 Å². The van der Waals surface area contributed by atoms with Crippen LogP contribution in [0.2, 0.25) is 0 Å². The van der Waals surface area contributed by atoms with Gasteiger partial charge in [0.1, 0.15) is 6.04 Å². The van der Waals surface area contributed by atoms with Gasteiger partial charge in [0.25, 0.3) is 0 Å². The minimum atomic E-state index is -0.407. The molecule has 0 radical (unpaired) electrons. The molecule has 1 aromatic heterocycles. The second-order valence-corrected chi connectivity index (χ2v) is 5.12. The molecule has 2 rings (SSSR count). The van der Waals surface area contributed by atoms with Gasteiger partial charge in [0.2, 0.25) is 0 Å². The Bertz CT molecular complexity index is 411. The summed E-state index contributed by atoms with van der Waals surface area (Å²) in [6, 6.07) is -0.00592. The first-order valence-corrected chi connectivity index (χ1v) is 7.11. The number of nitrogens with zero attached hydrogens (tertiary/aromatic N) is 2. The molecule has 0 spiro atoms. The number of hydrogen-bond acceptors (Lipinski definition) is 4. The summed E-state index contributed by atoms with van der Waals surface area (Å²) < 4.78 is 7.05. The number of aromatic nitrogens is 2. The monoisotopic (exact) mass is 265 g/mol. The average Bonchev–Trinajstić information content (AvgIpc) is 2.83. The highest BCUT2D eigenvalue weighted by Gasteiger charge is 2.28. The van der Waals surface area contributed by atoms with E-state index < -0.39 is 6.04 Å². The van der Waals surface area contributed by atoms with E-state index in [0.717, 1.165) is 18.5 Å². The van der Waals surface area contributed by atoms with E-state index in [0.29, 0.717) is 12.6 Å². The van der Waals surface area contributed by atoms with Crippen molar-refractivity contribution >= 4 is 5.97 Å². The first kappa shape index (κ1) is 14.1. The number of carbonyl (C=O) groups is 1. The van der Waals surface area contributed by atoms with Crippen molar-refractivity contribution < 1.29 is 9.53 Å². The topological polar surface area (TPSA) is 56.1 Å². The van der Waals surface area contributed by atoms with Gasteiger partial charge in [-0.25, -0.2) is 9.78 Å². The second kappa shape index (κ2) is 6.70. The predicted octanol–water partition coefficient (Wildman–Crippen LogP) is 1.95. The van der Waals surface area contributed by atoms with Crippen LogP contribution >= 0.6 is 0 Å². The van der Waals surface area contributed by atoms with Gasteiger partial charge in [-0.1, -0.05) is 19.3 Å². The Morgan fingerprint density at radius 1 is 1.53 bits per heavy atom. The van der Waals surface area contributed by atoms with Crippen LogP contribution in [0.25, 0.3) is 0 Å². The number of nitrogens with one attached hydrogen (secondary N) is 1. The molecular weight excluding hydrogens is 242 g/mol. The molecule has 0 bridgehead atoms. The van der Waals surface area contributed by atoms with Crippen LogP contribution in [-0.2, 0) is 16.6 Å². The summed E-state index contributed by atoms with van der Waals surface area (Å²) >= 11 is 0. The standard InChI is InChI=1S/C14H23N3O2/c1-3-19-14(18)13(12-9-15-10-17(12)2)16-11-7-5-4-6-8-11/h9-11,13,16H,3-8H2,1-2H3. The summed E-state index contributed by atoms with van der Waals surface area (Å²) in [6.45, 7) is 2.23. The predicted molar refractivity (Wildman–Crippen MR) is 72.6 cm³/mol. The van der Waals surface area contributed by atoms with Crippen molar-refractivity contribution in [3.63, 3.8) is 0 Å². The fraction of sp³-hybridized carbons (Fsp3) is 0.714. The van der Waals surface area contributed by atoms with E-state index in [1.807, 2.05) is 18.5 Å². The lowest BCUT2D eigenvalue weighted by Crippen LogP contribution is -2.39. The largest absolute Gasteiger partial charge is 0.465 e. The third-order valence-corrected chi connectivity index (χ3v) is 3.68. The first-order chi connectivity index (χ1) is 9.22. The third kappa shape index (κ3) is 3.56. The highest BCUT2D eigenvalue weighted by molar-refractivity contribution is 5.77.